The van der Waals surface area contributed by atoms with E-state index in [1.54, 1.807) is 39.8 Å². The van der Waals surface area contributed by atoms with Gasteiger partial charge in [0.2, 0.25) is 11.8 Å². The third kappa shape index (κ3) is 8.21. The Labute approximate surface area is 141 Å². The normalized spacial score (nSPS) is 12.2. The molecular formula is C16H25N3O5. The van der Waals surface area contributed by atoms with Crippen molar-refractivity contribution in [2.24, 2.45) is 0 Å². The van der Waals surface area contributed by atoms with Gasteiger partial charge in [-0.1, -0.05) is 0 Å². The van der Waals surface area contributed by atoms with Crippen LogP contribution in [0.3, 0.4) is 0 Å². The summed E-state index contributed by atoms with van der Waals surface area (Å²) in [5.41, 5.74) is -0.590. The number of carbonyl (C=O) groups is 3. The van der Waals surface area contributed by atoms with Crippen LogP contribution in [-0.2, 0) is 20.9 Å². The second-order valence-corrected chi connectivity index (χ2v) is 6.27. The van der Waals surface area contributed by atoms with Gasteiger partial charge < -0.3 is 25.1 Å². The van der Waals surface area contributed by atoms with E-state index >= 15 is 0 Å². The Morgan fingerprint density at radius 3 is 2.54 bits per heavy atom. The van der Waals surface area contributed by atoms with E-state index in [2.05, 4.69) is 16.0 Å². The molecule has 1 rings (SSSR count). The monoisotopic (exact) mass is 339 g/mol. The SMILES string of the molecule is CC(NC(=O)CCNC(=O)OC(C)(C)C)C(=O)NCc1ccco1. The smallest absolute Gasteiger partial charge is 0.407 e. The number of carbonyl (C=O) groups excluding carboxylic acids is 3. The van der Waals surface area contributed by atoms with Crippen molar-refractivity contribution >= 4 is 17.9 Å². The minimum Gasteiger partial charge on any atom is -0.467 e. The maximum Gasteiger partial charge on any atom is 0.407 e. The van der Waals surface area contributed by atoms with Gasteiger partial charge in [-0.05, 0) is 39.8 Å². The summed E-state index contributed by atoms with van der Waals surface area (Å²) < 4.78 is 10.2. The first-order chi connectivity index (χ1) is 11.2. The predicted octanol–water partition coefficient (Wildman–Crippen LogP) is 1.32. The van der Waals surface area contributed by atoms with Gasteiger partial charge >= 0.3 is 6.09 Å². The molecule has 0 bridgehead atoms. The number of hydrogen-bond acceptors (Lipinski definition) is 5. The molecule has 1 atom stereocenters. The van der Waals surface area contributed by atoms with Crippen molar-refractivity contribution in [3.05, 3.63) is 24.2 Å². The van der Waals surface area contributed by atoms with Crippen molar-refractivity contribution < 1.29 is 23.5 Å². The zero-order valence-corrected chi connectivity index (χ0v) is 14.5. The van der Waals surface area contributed by atoms with E-state index in [-0.39, 0.29) is 31.3 Å². The van der Waals surface area contributed by atoms with Gasteiger partial charge in [0.25, 0.3) is 0 Å². The van der Waals surface area contributed by atoms with Gasteiger partial charge in [0.05, 0.1) is 12.8 Å². The minimum atomic E-state index is -0.686. The molecule has 1 unspecified atom stereocenters. The molecule has 1 aromatic heterocycles. The number of ether oxygens (including phenoxy) is 1. The molecule has 0 saturated carbocycles. The molecule has 1 aromatic rings. The minimum absolute atomic E-state index is 0.0506. The van der Waals surface area contributed by atoms with Gasteiger partial charge in [0.1, 0.15) is 17.4 Å². The topological polar surface area (TPSA) is 110 Å². The number of furan rings is 1. The summed E-state index contributed by atoms with van der Waals surface area (Å²) in [6.45, 7) is 7.22. The lowest BCUT2D eigenvalue weighted by Crippen LogP contribution is -2.45. The summed E-state index contributed by atoms with van der Waals surface area (Å²) in [4.78, 5) is 35.0. The molecule has 0 aliphatic heterocycles. The van der Waals surface area contributed by atoms with Crippen molar-refractivity contribution in [1.82, 2.24) is 16.0 Å². The van der Waals surface area contributed by atoms with Crippen molar-refractivity contribution in [2.45, 2.75) is 52.3 Å². The fourth-order valence-electron chi connectivity index (χ4n) is 1.71. The van der Waals surface area contributed by atoms with Crippen molar-refractivity contribution in [3.8, 4) is 0 Å². The van der Waals surface area contributed by atoms with E-state index in [1.807, 2.05) is 0 Å². The molecule has 0 aromatic carbocycles. The summed E-state index contributed by atoms with van der Waals surface area (Å²) in [6.07, 6.45) is 0.985. The first-order valence-corrected chi connectivity index (χ1v) is 7.73. The van der Waals surface area contributed by atoms with Gasteiger partial charge in [0, 0.05) is 13.0 Å². The van der Waals surface area contributed by atoms with Gasteiger partial charge in [-0.3, -0.25) is 9.59 Å². The molecular weight excluding hydrogens is 314 g/mol. The summed E-state index contributed by atoms with van der Waals surface area (Å²) in [5, 5.41) is 7.69. The fraction of sp³-hybridized carbons (Fsp3) is 0.562. The number of alkyl carbamates (subject to hydrolysis) is 1. The number of rotatable bonds is 7. The molecule has 3 amide bonds. The largest absolute Gasteiger partial charge is 0.467 e. The second kappa shape index (κ2) is 8.95. The Kier molecular flexibility index (Phi) is 7.29. The highest BCUT2D eigenvalue weighted by Crippen LogP contribution is 2.06. The van der Waals surface area contributed by atoms with E-state index in [1.165, 1.54) is 6.26 Å². The third-order valence-electron chi connectivity index (χ3n) is 2.81. The molecule has 8 heteroatoms. The van der Waals surface area contributed by atoms with Crippen LogP contribution in [0.5, 0.6) is 0 Å². The summed E-state index contributed by atoms with van der Waals surface area (Å²) in [7, 11) is 0. The van der Waals surface area contributed by atoms with Crippen LogP contribution in [0.4, 0.5) is 4.79 Å². The lowest BCUT2D eigenvalue weighted by molar-refractivity contribution is -0.128. The van der Waals surface area contributed by atoms with E-state index in [0.717, 1.165) is 0 Å². The molecule has 8 nitrogen and oxygen atoms in total. The summed E-state index contributed by atoms with van der Waals surface area (Å²) in [6, 6.07) is 2.78. The number of amides is 3. The van der Waals surface area contributed by atoms with Crippen LogP contribution in [0.2, 0.25) is 0 Å². The highest BCUT2D eigenvalue weighted by molar-refractivity contribution is 5.87. The molecule has 24 heavy (non-hydrogen) atoms. The Morgan fingerprint density at radius 1 is 1.25 bits per heavy atom. The van der Waals surface area contributed by atoms with Crippen LogP contribution in [-0.4, -0.2) is 36.1 Å². The van der Waals surface area contributed by atoms with Gasteiger partial charge in [0.15, 0.2) is 0 Å². The van der Waals surface area contributed by atoms with Crippen LogP contribution in [0.1, 0.15) is 39.9 Å². The van der Waals surface area contributed by atoms with Gasteiger partial charge in [-0.15, -0.1) is 0 Å². The Hall–Kier alpha value is -2.51. The standard InChI is InChI=1S/C16H25N3O5/c1-11(14(21)18-10-12-6-5-9-23-12)19-13(20)7-8-17-15(22)24-16(2,3)4/h5-6,9,11H,7-8,10H2,1-4H3,(H,17,22)(H,18,21)(H,19,20). The molecule has 0 aliphatic carbocycles. The summed E-state index contributed by atoms with van der Waals surface area (Å²) >= 11 is 0. The quantitative estimate of drug-likeness (QED) is 0.694. The number of nitrogens with one attached hydrogen (secondary N) is 3. The van der Waals surface area contributed by atoms with E-state index in [0.29, 0.717) is 5.76 Å². The van der Waals surface area contributed by atoms with Crippen molar-refractivity contribution in [2.75, 3.05) is 6.54 Å². The molecule has 3 N–H and O–H groups in total. The zero-order valence-electron chi connectivity index (χ0n) is 14.5. The van der Waals surface area contributed by atoms with Crippen molar-refractivity contribution in [3.63, 3.8) is 0 Å². The fourth-order valence-corrected chi connectivity index (χ4v) is 1.71. The van der Waals surface area contributed by atoms with Crippen LogP contribution >= 0.6 is 0 Å². The molecule has 0 spiro atoms. The van der Waals surface area contributed by atoms with Crippen LogP contribution in [0.15, 0.2) is 22.8 Å². The van der Waals surface area contributed by atoms with Crippen LogP contribution in [0, 0.1) is 0 Å². The maximum atomic E-state index is 11.9. The molecule has 1 heterocycles. The Balaban J connectivity index is 2.21. The first kappa shape index (κ1) is 19.5. The summed E-state index contributed by atoms with van der Waals surface area (Å²) in [5.74, 6) is -0.0324. The van der Waals surface area contributed by atoms with Crippen LogP contribution in [0.25, 0.3) is 0 Å². The van der Waals surface area contributed by atoms with E-state index < -0.39 is 17.7 Å². The Bertz CT molecular complexity index is 549. The number of hydrogen-bond donors (Lipinski definition) is 3. The van der Waals surface area contributed by atoms with Crippen LogP contribution < -0.4 is 16.0 Å². The average molecular weight is 339 g/mol. The molecule has 134 valence electrons. The highest BCUT2D eigenvalue weighted by Gasteiger charge is 2.17. The molecule has 0 radical (unpaired) electrons. The predicted molar refractivity (Wildman–Crippen MR) is 87.0 cm³/mol. The molecule has 0 fully saturated rings. The molecule has 0 saturated heterocycles. The lowest BCUT2D eigenvalue weighted by atomic mass is 10.2. The van der Waals surface area contributed by atoms with Gasteiger partial charge in [-0.25, -0.2) is 4.79 Å². The first-order valence-electron chi connectivity index (χ1n) is 7.73. The highest BCUT2D eigenvalue weighted by atomic mass is 16.6. The lowest BCUT2D eigenvalue weighted by Gasteiger charge is -2.19. The molecule has 0 aliphatic rings. The van der Waals surface area contributed by atoms with E-state index in [4.69, 9.17) is 9.15 Å². The second-order valence-electron chi connectivity index (χ2n) is 6.27. The van der Waals surface area contributed by atoms with E-state index in [9.17, 15) is 14.4 Å². The van der Waals surface area contributed by atoms with Crippen molar-refractivity contribution in [1.29, 1.82) is 0 Å². The zero-order chi connectivity index (χ0) is 18.2. The Morgan fingerprint density at radius 2 is 1.96 bits per heavy atom. The third-order valence-corrected chi connectivity index (χ3v) is 2.81. The van der Waals surface area contributed by atoms with Gasteiger partial charge in [-0.2, -0.15) is 0 Å². The maximum absolute atomic E-state index is 11.9. The average Bonchev–Trinajstić information content (AvgIpc) is 2.95.